The predicted molar refractivity (Wildman–Crippen MR) is 85.2 cm³/mol. The van der Waals surface area contributed by atoms with Crippen molar-refractivity contribution in [3.63, 3.8) is 0 Å². The topological polar surface area (TPSA) is 61.4 Å². The number of nitrogens with zero attached hydrogens (tertiary/aromatic N) is 1. The van der Waals surface area contributed by atoms with E-state index in [0.29, 0.717) is 24.3 Å². The van der Waals surface area contributed by atoms with Gasteiger partial charge in [-0.25, -0.2) is 0 Å². The van der Waals surface area contributed by atoms with Crippen molar-refractivity contribution in [1.29, 1.82) is 0 Å². The van der Waals surface area contributed by atoms with Crippen LogP contribution in [0.4, 0.5) is 0 Å². The molecule has 1 saturated heterocycles. The lowest BCUT2D eigenvalue weighted by Crippen LogP contribution is -2.50. The SMILES string of the molecule is CNCC1CCN(S(=O)(=O)NC2CCCC2SC)CC1. The van der Waals surface area contributed by atoms with E-state index < -0.39 is 10.2 Å². The van der Waals surface area contributed by atoms with Gasteiger partial charge in [-0.3, -0.25) is 0 Å². The van der Waals surface area contributed by atoms with Crippen molar-refractivity contribution < 1.29 is 8.42 Å². The van der Waals surface area contributed by atoms with Crippen LogP contribution in [0.3, 0.4) is 0 Å². The molecule has 0 spiro atoms. The molecule has 0 amide bonds. The van der Waals surface area contributed by atoms with E-state index in [-0.39, 0.29) is 6.04 Å². The van der Waals surface area contributed by atoms with Gasteiger partial charge in [-0.1, -0.05) is 6.42 Å². The third kappa shape index (κ3) is 4.10. The van der Waals surface area contributed by atoms with Crippen LogP contribution in [-0.2, 0) is 10.2 Å². The van der Waals surface area contributed by atoms with E-state index in [1.54, 1.807) is 16.1 Å². The van der Waals surface area contributed by atoms with Crippen LogP contribution in [0.5, 0.6) is 0 Å². The maximum atomic E-state index is 12.5. The van der Waals surface area contributed by atoms with Gasteiger partial charge in [0.1, 0.15) is 0 Å². The number of hydrogen-bond acceptors (Lipinski definition) is 4. The maximum absolute atomic E-state index is 12.5. The average Bonchev–Trinajstić information content (AvgIpc) is 2.86. The summed E-state index contributed by atoms with van der Waals surface area (Å²) in [5, 5.41) is 3.61. The lowest BCUT2D eigenvalue weighted by Gasteiger charge is -2.32. The first kappa shape index (κ1) is 16.5. The zero-order chi connectivity index (χ0) is 14.6. The first-order chi connectivity index (χ1) is 9.56. The first-order valence-corrected chi connectivity index (χ1v) is 10.2. The fourth-order valence-electron chi connectivity index (χ4n) is 3.25. The highest BCUT2D eigenvalue weighted by atomic mass is 32.2. The quantitative estimate of drug-likeness (QED) is 0.767. The van der Waals surface area contributed by atoms with Crippen LogP contribution >= 0.6 is 11.8 Å². The Morgan fingerprint density at radius 1 is 1.20 bits per heavy atom. The molecule has 1 saturated carbocycles. The Morgan fingerprint density at radius 3 is 2.50 bits per heavy atom. The summed E-state index contributed by atoms with van der Waals surface area (Å²) in [6.45, 7) is 2.29. The van der Waals surface area contributed by atoms with Gasteiger partial charge in [-0.15, -0.1) is 0 Å². The van der Waals surface area contributed by atoms with E-state index in [4.69, 9.17) is 0 Å². The minimum absolute atomic E-state index is 0.116. The van der Waals surface area contributed by atoms with Crippen LogP contribution in [-0.4, -0.2) is 57.0 Å². The molecule has 0 bridgehead atoms. The summed E-state index contributed by atoms with van der Waals surface area (Å²) < 4.78 is 29.5. The molecule has 20 heavy (non-hydrogen) atoms. The summed E-state index contributed by atoms with van der Waals surface area (Å²) in [6, 6.07) is 0.116. The molecule has 2 rings (SSSR count). The van der Waals surface area contributed by atoms with Gasteiger partial charge in [-0.2, -0.15) is 29.2 Å². The smallest absolute Gasteiger partial charge is 0.279 e. The van der Waals surface area contributed by atoms with Crippen molar-refractivity contribution in [3.05, 3.63) is 0 Å². The summed E-state index contributed by atoms with van der Waals surface area (Å²) >= 11 is 1.78. The predicted octanol–water partition coefficient (Wildman–Crippen LogP) is 1.04. The van der Waals surface area contributed by atoms with Crippen LogP contribution in [0, 0.1) is 5.92 Å². The van der Waals surface area contributed by atoms with E-state index in [2.05, 4.69) is 16.3 Å². The van der Waals surface area contributed by atoms with Crippen molar-refractivity contribution in [1.82, 2.24) is 14.3 Å². The minimum Gasteiger partial charge on any atom is -0.319 e. The highest BCUT2D eigenvalue weighted by molar-refractivity contribution is 7.99. The summed E-state index contributed by atoms with van der Waals surface area (Å²) in [5.74, 6) is 0.608. The minimum atomic E-state index is -3.30. The number of thioether (sulfide) groups is 1. The second-order valence-corrected chi connectivity index (χ2v) is 8.61. The Morgan fingerprint density at radius 2 is 1.90 bits per heavy atom. The van der Waals surface area contributed by atoms with Gasteiger partial charge < -0.3 is 5.32 Å². The largest absolute Gasteiger partial charge is 0.319 e. The lowest BCUT2D eigenvalue weighted by molar-refractivity contribution is 0.267. The molecule has 1 aliphatic heterocycles. The molecule has 2 fully saturated rings. The molecule has 0 aromatic rings. The molecular weight excluding hydrogens is 294 g/mol. The zero-order valence-electron chi connectivity index (χ0n) is 12.5. The Balaban J connectivity index is 1.88. The van der Waals surface area contributed by atoms with Gasteiger partial charge in [0.15, 0.2) is 0 Å². The molecule has 7 heteroatoms. The molecule has 2 aliphatic rings. The number of hydrogen-bond donors (Lipinski definition) is 2. The standard InChI is InChI=1S/C13H27N3O2S2/c1-14-10-11-6-8-16(9-7-11)20(17,18)15-12-4-3-5-13(12)19-2/h11-15H,3-10H2,1-2H3. The van der Waals surface area contributed by atoms with Gasteiger partial charge >= 0.3 is 0 Å². The summed E-state index contributed by atoms with van der Waals surface area (Å²) in [6.07, 6.45) is 7.21. The summed E-state index contributed by atoms with van der Waals surface area (Å²) in [5.41, 5.74) is 0. The van der Waals surface area contributed by atoms with Crippen molar-refractivity contribution in [2.24, 2.45) is 5.92 Å². The molecule has 0 radical (unpaired) electrons. The Kier molecular flexibility index (Phi) is 6.16. The van der Waals surface area contributed by atoms with Crippen molar-refractivity contribution >= 4 is 22.0 Å². The van der Waals surface area contributed by atoms with Crippen LogP contribution in [0.15, 0.2) is 0 Å². The fourth-order valence-corrected chi connectivity index (χ4v) is 5.78. The van der Waals surface area contributed by atoms with Gasteiger partial charge in [0, 0.05) is 24.4 Å². The first-order valence-electron chi connectivity index (χ1n) is 7.51. The molecule has 2 unspecified atom stereocenters. The molecule has 1 aliphatic carbocycles. The third-order valence-electron chi connectivity index (χ3n) is 4.46. The lowest BCUT2D eigenvalue weighted by atomic mass is 9.98. The molecule has 1 heterocycles. The van der Waals surface area contributed by atoms with Crippen LogP contribution in [0.1, 0.15) is 32.1 Å². The zero-order valence-corrected chi connectivity index (χ0v) is 14.1. The Labute approximate surface area is 127 Å². The molecule has 0 aromatic heterocycles. The summed E-state index contributed by atoms with van der Waals surface area (Å²) in [4.78, 5) is 0. The number of nitrogens with one attached hydrogen (secondary N) is 2. The van der Waals surface area contributed by atoms with E-state index in [1.807, 2.05) is 7.05 Å². The fraction of sp³-hybridized carbons (Fsp3) is 1.00. The van der Waals surface area contributed by atoms with E-state index in [9.17, 15) is 8.42 Å². The molecule has 2 N–H and O–H groups in total. The molecular formula is C13H27N3O2S2. The second-order valence-electron chi connectivity index (χ2n) is 5.83. The monoisotopic (exact) mass is 321 g/mol. The normalized spacial score (nSPS) is 29.9. The Hall–Kier alpha value is 0.180. The highest BCUT2D eigenvalue weighted by Crippen LogP contribution is 2.29. The van der Waals surface area contributed by atoms with Crippen LogP contribution < -0.4 is 10.0 Å². The highest BCUT2D eigenvalue weighted by Gasteiger charge is 2.34. The average molecular weight is 322 g/mol. The molecule has 2 atom stereocenters. The van der Waals surface area contributed by atoms with Gasteiger partial charge in [0.05, 0.1) is 0 Å². The summed E-state index contributed by atoms with van der Waals surface area (Å²) in [7, 11) is -1.35. The second kappa shape index (κ2) is 7.45. The maximum Gasteiger partial charge on any atom is 0.279 e. The van der Waals surface area contributed by atoms with Crippen LogP contribution in [0.2, 0.25) is 0 Å². The van der Waals surface area contributed by atoms with E-state index in [1.165, 1.54) is 0 Å². The molecule has 118 valence electrons. The van der Waals surface area contributed by atoms with Crippen molar-refractivity contribution in [2.45, 2.75) is 43.4 Å². The molecule has 0 aromatic carbocycles. The molecule has 5 nitrogen and oxygen atoms in total. The van der Waals surface area contributed by atoms with Crippen molar-refractivity contribution in [3.8, 4) is 0 Å². The van der Waals surface area contributed by atoms with Gasteiger partial charge in [0.2, 0.25) is 0 Å². The van der Waals surface area contributed by atoms with E-state index in [0.717, 1.165) is 38.6 Å². The van der Waals surface area contributed by atoms with Gasteiger partial charge in [-0.05, 0) is 51.4 Å². The third-order valence-corrected chi connectivity index (χ3v) is 7.28. The Bertz CT molecular complexity index is 394. The van der Waals surface area contributed by atoms with Crippen molar-refractivity contribution in [2.75, 3.05) is 32.9 Å². The van der Waals surface area contributed by atoms with Crippen LogP contribution in [0.25, 0.3) is 0 Å². The van der Waals surface area contributed by atoms with E-state index >= 15 is 0 Å². The number of rotatable bonds is 6. The van der Waals surface area contributed by atoms with Gasteiger partial charge in [0.25, 0.3) is 10.2 Å². The number of piperidine rings is 1.